The maximum atomic E-state index is 5.85. The second-order valence-electron chi connectivity index (χ2n) is 7.61. The highest BCUT2D eigenvalue weighted by atomic mass is 32.1. The van der Waals surface area contributed by atoms with Gasteiger partial charge >= 0.3 is 0 Å². The minimum atomic E-state index is 0.843. The lowest BCUT2D eigenvalue weighted by Crippen LogP contribution is -3.12. The molecule has 1 aliphatic heterocycles. The molecule has 0 amide bonds. The fourth-order valence-electron chi connectivity index (χ4n) is 3.81. The fraction of sp³-hybridized carbons (Fsp3) is 0.500. The number of quaternary nitrogens is 1. The summed E-state index contributed by atoms with van der Waals surface area (Å²) in [5.74, 6) is 0. The molecule has 1 fully saturated rings. The number of benzene rings is 1. The standard InChI is InChI=1S/C22H31N3S2/c1-18-9-7-10-19(2)21(18)23-22(26)25(17-20-11-8-16-27-20)15-14-24-12-5-3-4-6-13-24/h7-11,16H,3-6,12-15,17H2,1-2H3,(H,23,26)/p+1. The average molecular weight is 403 g/mol. The van der Waals surface area contributed by atoms with E-state index < -0.39 is 0 Å². The van der Waals surface area contributed by atoms with E-state index >= 15 is 0 Å². The van der Waals surface area contributed by atoms with Gasteiger partial charge in [0.05, 0.1) is 32.7 Å². The summed E-state index contributed by atoms with van der Waals surface area (Å²) < 4.78 is 0. The predicted octanol–water partition coefficient (Wildman–Crippen LogP) is 4.02. The van der Waals surface area contributed by atoms with Crippen molar-refractivity contribution in [3.8, 4) is 0 Å². The van der Waals surface area contributed by atoms with Crippen LogP contribution in [0.1, 0.15) is 41.7 Å². The minimum Gasteiger partial charge on any atom is -0.338 e. The van der Waals surface area contributed by atoms with Crippen molar-refractivity contribution in [1.29, 1.82) is 0 Å². The number of aryl methyl sites for hydroxylation is 2. The number of hydrogen-bond acceptors (Lipinski definition) is 2. The fourth-order valence-corrected chi connectivity index (χ4v) is 4.79. The van der Waals surface area contributed by atoms with Crippen LogP contribution in [0.4, 0.5) is 5.69 Å². The van der Waals surface area contributed by atoms with E-state index in [4.69, 9.17) is 12.2 Å². The highest BCUT2D eigenvalue weighted by Gasteiger charge is 2.17. The van der Waals surface area contributed by atoms with Gasteiger partial charge in [-0.1, -0.05) is 24.3 Å². The van der Waals surface area contributed by atoms with Crippen molar-refractivity contribution in [2.75, 3.05) is 31.5 Å². The monoisotopic (exact) mass is 402 g/mol. The number of nitrogens with one attached hydrogen (secondary N) is 2. The lowest BCUT2D eigenvalue weighted by Gasteiger charge is -2.28. The van der Waals surface area contributed by atoms with E-state index in [-0.39, 0.29) is 0 Å². The van der Waals surface area contributed by atoms with Gasteiger partial charge in [-0.3, -0.25) is 0 Å². The number of nitrogens with zero attached hydrogens (tertiary/aromatic N) is 1. The number of likely N-dealkylation sites (tertiary alicyclic amines) is 1. The van der Waals surface area contributed by atoms with E-state index in [2.05, 4.69) is 59.8 Å². The van der Waals surface area contributed by atoms with Crippen LogP contribution in [-0.4, -0.2) is 36.2 Å². The van der Waals surface area contributed by atoms with E-state index in [1.807, 2.05) is 11.3 Å². The second kappa shape index (κ2) is 10.2. The number of rotatable bonds is 6. The lowest BCUT2D eigenvalue weighted by atomic mass is 10.1. The van der Waals surface area contributed by atoms with Crippen molar-refractivity contribution in [2.24, 2.45) is 0 Å². The first kappa shape index (κ1) is 20.3. The Hall–Kier alpha value is -1.43. The maximum Gasteiger partial charge on any atom is 0.173 e. The molecule has 2 heterocycles. The van der Waals surface area contributed by atoms with Crippen LogP contribution >= 0.6 is 23.6 Å². The van der Waals surface area contributed by atoms with E-state index in [0.29, 0.717) is 0 Å². The summed E-state index contributed by atoms with van der Waals surface area (Å²) in [6.45, 7) is 9.96. The molecule has 5 heteroatoms. The highest BCUT2D eigenvalue weighted by molar-refractivity contribution is 7.80. The smallest absolute Gasteiger partial charge is 0.173 e. The van der Waals surface area contributed by atoms with E-state index in [1.165, 1.54) is 61.3 Å². The zero-order chi connectivity index (χ0) is 19.1. The molecule has 0 radical (unpaired) electrons. The van der Waals surface area contributed by atoms with Crippen molar-refractivity contribution in [3.63, 3.8) is 0 Å². The summed E-state index contributed by atoms with van der Waals surface area (Å²) in [6.07, 6.45) is 5.53. The van der Waals surface area contributed by atoms with Crippen LogP contribution in [-0.2, 0) is 6.54 Å². The van der Waals surface area contributed by atoms with Gasteiger partial charge < -0.3 is 15.1 Å². The summed E-state index contributed by atoms with van der Waals surface area (Å²) >= 11 is 7.66. The molecule has 27 heavy (non-hydrogen) atoms. The van der Waals surface area contributed by atoms with Crippen LogP contribution in [0.3, 0.4) is 0 Å². The highest BCUT2D eigenvalue weighted by Crippen LogP contribution is 2.21. The van der Waals surface area contributed by atoms with Crippen molar-refractivity contribution >= 4 is 34.4 Å². The number of thiophene rings is 1. The molecule has 0 atom stereocenters. The van der Waals surface area contributed by atoms with Gasteiger partial charge in [0, 0.05) is 10.6 Å². The van der Waals surface area contributed by atoms with Crippen LogP contribution in [0, 0.1) is 13.8 Å². The topological polar surface area (TPSA) is 19.7 Å². The summed E-state index contributed by atoms with van der Waals surface area (Å²) in [5.41, 5.74) is 3.64. The Morgan fingerprint density at radius 3 is 2.41 bits per heavy atom. The molecule has 0 unspecified atom stereocenters. The molecule has 1 saturated heterocycles. The first-order valence-corrected chi connectivity index (χ1v) is 11.4. The van der Waals surface area contributed by atoms with Crippen molar-refractivity contribution in [2.45, 2.75) is 46.1 Å². The molecule has 146 valence electrons. The zero-order valence-electron chi connectivity index (χ0n) is 16.6. The zero-order valence-corrected chi connectivity index (χ0v) is 18.2. The van der Waals surface area contributed by atoms with Crippen LogP contribution in [0.5, 0.6) is 0 Å². The van der Waals surface area contributed by atoms with E-state index in [1.54, 1.807) is 4.90 Å². The van der Waals surface area contributed by atoms with Gasteiger partial charge in [0.1, 0.15) is 0 Å². The molecular formula is C22H32N3S2+. The maximum absolute atomic E-state index is 5.85. The van der Waals surface area contributed by atoms with Gasteiger partial charge in [0.2, 0.25) is 0 Å². The normalized spacial score (nSPS) is 15.3. The van der Waals surface area contributed by atoms with Gasteiger partial charge in [0.15, 0.2) is 5.11 Å². The van der Waals surface area contributed by atoms with E-state index in [0.717, 1.165) is 23.9 Å². The third-order valence-corrected chi connectivity index (χ3v) is 6.69. The number of para-hydroxylation sites is 1. The Balaban J connectivity index is 1.67. The lowest BCUT2D eigenvalue weighted by molar-refractivity contribution is -0.898. The molecule has 0 saturated carbocycles. The molecule has 2 aromatic rings. The largest absolute Gasteiger partial charge is 0.338 e. The first-order chi connectivity index (χ1) is 13.1. The van der Waals surface area contributed by atoms with Gasteiger partial charge in [-0.25, -0.2) is 0 Å². The number of hydrogen-bond donors (Lipinski definition) is 2. The summed E-state index contributed by atoms with van der Waals surface area (Å²) in [4.78, 5) is 5.45. The SMILES string of the molecule is Cc1cccc(C)c1NC(=S)N(CC[NH+]1CCCCCC1)Cc1cccs1. The van der Waals surface area contributed by atoms with Gasteiger partial charge in [0.25, 0.3) is 0 Å². The first-order valence-electron chi connectivity index (χ1n) is 10.1. The Bertz CT molecular complexity index is 699. The minimum absolute atomic E-state index is 0.843. The van der Waals surface area contributed by atoms with Gasteiger partial charge in [-0.2, -0.15) is 0 Å². The number of anilines is 1. The van der Waals surface area contributed by atoms with Crippen LogP contribution in [0.25, 0.3) is 0 Å². The molecular weight excluding hydrogens is 370 g/mol. The average Bonchev–Trinajstić information content (AvgIpc) is 3.03. The Morgan fingerprint density at radius 1 is 1.07 bits per heavy atom. The molecule has 0 bridgehead atoms. The number of thiocarbonyl (C=S) groups is 1. The third-order valence-electron chi connectivity index (χ3n) is 5.47. The Morgan fingerprint density at radius 2 is 1.78 bits per heavy atom. The third kappa shape index (κ3) is 6.03. The molecule has 1 aromatic heterocycles. The van der Waals surface area contributed by atoms with E-state index in [9.17, 15) is 0 Å². The molecule has 2 N–H and O–H groups in total. The molecule has 3 rings (SSSR count). The Labute approximate surface area is 173 Å². The molecule has 1 aliphatic rings. The molecule has 1 aromatic carbocycles. The Kier molecular flexibility index (Phi) is 7.68. The van der Waals surface area contributed by atoms with Crippen molar-refractivity contribution < 1.29 is 4.90 Å². The molecule has 3 nitrogen and oxygen atoms in total. The van der Waals surface area contributed by atoms with Crippen molar-refractivity contribution in [3.05, 3.63) is 51.7 Å². The molecule has 0 spiro atoms. The molecule has 0 aliphatic carbocycles. The van der Waals surface area contributed by atoms with Gasteiger partial charge in [-0.15, -0.1) is 11.3 Å². The van der Waals surface area contributed by atoms with Crippen LogP contribution < -0.4 is 10.2 Å². The summed E-state index contributed by atoms with van der Waals surface area (Å²) in [5, 5.41) is 6.53. The summed E-state index contributed by atoms with van der Waals surface area (Å²) in [6, 6.07) is 10.7. The predicted molar refractivity (Wildman–Crippen MR) is 121 cm³/mol. The quantitative estimate of drug-likeness (QED) is 0.712. The second-order valence-corrected chi connectivity index (χ2v) is 9.03. The van der Waals surface area contributed by atoms with Crippen LogP contribution in [0.2, 0.25) is 0 Å². The van der Waals surface area contributed by atoms with Crippen molar-refractivity contribution in [1.82, 2.24) is 4.90 Å². The van der Waals surface area contributed by atoms with Gasteiger partial charge in [-0.05, 0) is 74.3 Å². The van der Waals surface area contributed by atoms with Crippen LogP contribution in [0.15, 0.2) is 35.7 Å². The summed E-state index contributed by atoms with van der Waals surface area (Å²) in [7, 11) is 0.